The number of aromatic nitrogens is 1. The minimum absolute atomic E-state index is 0.0504. The van der Waals surface area contributed by atoms with Gasteiger partial charge < -0.3 is 46.5 Å². The SMILES string of the molecule is CC(C)C[C@H](N)c1nc(C(=O)N2CCC3(CC2)Oc2ccc(cc2)OCCNC(=O)[C@H](C)NC(=O)[C@H](CO)NC(=O)[C@@H](Cc2ccccc2)NC3=O)cs1. The highest BCUT2D eigenvalue weighted by Gasteiger charge is 2.46. The van der Waals surface area contributed by atoms with Crippen molar-refractivity contribution in [1.82, 2.24) is 31.2 Å². The number of thiazole rings is 1. The van der Waals surface area contributed by atoms with Crippen molar-refractivity contribution in [3.63, 3.8) is 0 Å². The van der Waals surface area contributed by atoms with Crippen LogP contribution in [0.25, 0.3) is 0 Å². The third kappa shape index (κ3) is 10.3. The van der Waals surface area contributed by atoms with Crippen LogP contribution in [-0.2, 0) is 25.6 Å². The average molecular weight is 764 g/mol. The van der Waals surface area contributed by atoms with Gasteiger partial charge in [0.2, 0.25) is 17.7 Å². The number of amides is 5. The monoisotopic (exact) mass is 763 g/mol. The highest BCUT2D eigenvalue weighted by atomic mass is 32.1. The van der Waals surface area contributed by atoms with Crippen molar-refractivity contribution in [2.24, 2.45) is 11.7 Å². The summed E-state index contributed by atoms with van der Waals surface area (Å²) >= 11 is 1.35. The highest BCUT2D eigenvalue weighted by Crippen LogP contribution is 2.32. The Morgan fingerprint density at radius 3 is 2.30 bits per heavy atom. The summed E-state index contributed by atoms with van der Waals surface area (Å²) in [6.07, 6.45) is 0.966. The van der Waals surface area contributed by atoms with Crippen LogP contribution in [0.1, 0.15) is 67.1 Å². The number of nitrogens with zero attached hydrogens (tertiary/aromatic N) is 2. The first-order valence-electron chi connectivity index (χ1n) is 18.1. The fourth-order valence-electron chi connectivity index (χ4n) is 6.29. The zero-order chi connectivity index (χ0) is 38.8. The lowest BCUT2D eigenvalue weighted by molar-refractivity contribution is -0.144. The van der Waals surface area contributed by atoms with Gasteiger partial charge in [0.15, 0.2) is 5.60 Å². The van der Waals surface area contributed by atoms with E-state index in [4.69, 9.17) is 15.2 Å². The normalized spacial score (nSPS) is 22.0. The van der Waals surface area contributed by atoms with Crippen molar-refractivity contribution in [2.75, 3.05) is 32.8 Å². The second-order valence-corrected chi connectivity index (χ2v) is 14.9. The van der Waals surface area contributed by atoms with Gasteiger partial charge in [-0.1, -0.05) is 44.2 Å². The number of ether oxygens (including phenoxy) is 2. The molecule has 0 unspecified atom stereocenters. The van der Waals surface area contributed by atoms with Crippen molar-refractivity contribution >= 4 is 40.9 Å². The number of carbonyl (C=O) groups is 5. The van der Waals surface area contributed by atoms with Crippen LogP contribution in [0.4, 0.5) is 0 Å². The van der Waals surface area contributed by atoms with E-state index in [2.05, 4.69) is 40.1 Å². The molecule has 1 saturated heterocycles. The number of benzene rings is 2. The molecular weight excluding hydrogens is 715 g/mol. The summed E-state index contributed by atoms with van der Waals surface area (Å²) in [5.41, 5.74) is 5.84. The molecule has 290 valence electrons. The Hall–Kier alpha value is -5.06. The zero-order valence-electron chi connectivity index (χ0n) is 30.7. The number of aliphatic hydroxyl groups is 1. The fourth-order valence-corrected chi connectivity index (χ4v) is 7.10. The number of hydrogen-bond acceptors (Lipinski definition) is 11. The van der Waals surface area contributed by atoms with Gasteiger partial charge in [-0.15, -0.1) is 11.3 Å². The topological polar surface area (TPSA) is 214 Å². The zero-order valence-corrected chi connectivity index (χ0v) is 31.5. The molecule has 4 heterocycles. The summed E-state index contributed by atoms with van der Waals surface area (Å²) in [6.45, 7) is 5.45. The number of aliphatic hydroxyl groups excluding tert-OH is 1. The Morgan fingerprint density at radius 1 is 0.963 bits per heavy atom. The fraction of sp³-hybridized carbons (Fsp3) is 0.474. The molecule has 54 heavy (non-hydrogen) atoms. The quantitative estimate of drug-likeness (QED) is 0.191. The molecular formula is C38H49N7O8S. The van der Waals surface area contributed by atoms with Crippen molar-refractivity contribution < 1.29 is 38.6 Å². The van der Waals surface area contributed by atoms with Crippen molar-refractivity contribution in [3.8, 4) is 11.5 Å². The smallest absolute Gasteiger partial charge is 0.273 e. The number of nitrogens with two attached hydrogens (primary N) is 1. The van der Waals surface area contributed by atoms with E-state index in [1.807, 2.05) is 6.07 Å². The van der Waals surface area contributed by atoms with Gasteiger partial charge in [-0.3, -0.25) is 24.0 Å². The maximum atomic E-state index is 14.5. The maximum Gasteiger partial charge on any atom is 0.273 e. The van der Waals surface area contributed by atoms with Crippen molar-refractivity contribution in [3.05, 3.63) is 76.2 Å². The van der Waals surface area contributed by atoms with Crippen LogP contribution in [0.2, 0.25) is 0 Å². The number of rotatable bonds is 7. The summed E-state index contributed by atoms with van der Waals surface area (Å²) in [4.78, 5) is 73.8. The Bertz CT molecular complexity index is 1760. The van der Waals surface area contributed by atoms with Gasteiger partial charge in [0.05, 0.1) is 19.2 Å². The summed E-state index contributed by atoms with van der Waals surface area (Å²) in [5.74, 6) is -1.64. The van der Waals surface area contributed by atoms with E-state index < -0.39 is 54.0 Å². The lowest BCUT2D eigenvalue weighted by atomic mass is 9.89. The molecule has 2 bridgehead atoms. The molecule has 7 N–H and O–H groups in total. The first kappa shape index (κ1) is 40.1. The molecule has 1 fully saturated rings. The predicted molar refractivity (Wildman–Crippen MR) is 201 cm³/mol. The molecule has 3 aromatic rings. The lowest BCUT2D eigenvalue weighted by Crippen LogP contribution is -2.62. The van der Waals surface area contributed by atoms with Gasteiger partial charge in [-0.05, 0) is 49.1 Å². The van der Waals surface area contributed by atoms with E-state index in [0.29, 0.717) is 28.1 Å². The molecule has 15 nitrogen and oxygen atoms in total. The molecule has 5 amide bonds. The minimum atomic E-state index is -1.50. The van der Waals surface area contributed by atoms with Crippen molar-refractivity contribution in [2.45, 2.75) is 76.2 Å². The number of nitrogens with one attached hydrogen (secondary N) is 4. The van der Waals surface area contributed by atoms with Gasteiger partial charge in [0.25, 0.3) is 11.8 Å². The molecule has 1 spiro atoms. The number of hydrogen-bond donors (Lipinski definition) is 6. The van der Waals surface area contributed by atoms with E-state index in [1.165, 1.54) is 18.3 Å². The van der Waals surface area contributed by atoms with Gasteiger partial charge in [0, 0.05) is 37.7 Å². The molecule has 2 aromatic carbocycles. The average Bonchev–Trinajstić information content (AvgIpc) is 3.66. The molecule has 1 aromatic heterocycles. The molecule has 3 aliphatic heterocycles. The summed E-state index contributed by atoms with van der Waals surface area (Å²) in [7, 11) is 0. The van der Waals surface area contributed by atoms with Gasteiger partial charge in [-0.2, -0.15) is 0 Å². The molecule has 3 aliphatic rings. The second-order valence-electron chi connectivity index (χ2n) is 14.0. The largest absolute Gasteiger partial charge is 0.492 e. The molecule has 0 aliphatic carbocycles. The summed E-state index contributed by atoms with van der Waals surface area (Å²) in [5, 5.41) is 23.1. The van der Waals surface area contributed by atoms with Gasteiger partial charge >= 0.3 is 0 Å². The summed E-state index contributed by atoms with van der Waals surface area (Å²) in [6, 6.07) is 11.8. The van der Waals surface area contributed by atoms with E-state index in [0.717, 1.165) is 12.0 Å². The van der Waals surface area contributed by atoms with Crippen LogP contribution in [0.15, 0.2) is 60.0 Å². The standard InChI is InChI=1S/C38H49N7O8S/c1-23(2)19-28(39)35-43-31(22-54-35)36(50)45-16-13-38(14-17-45)37(51)44-29(20-25-7-5-4-6-8-25)33(48)42-30(21-46)34(49)41-24(3)32(47)40-15-18-52-26-9-11-27(53-38)12-10-26/h4-12,22-24,28-30,46H,13-21,39H2,1-3H3,(H,40,47)(H,41,49)(H,42,48)(H,44,51)/t24-,28-,29+,30-/m0/s1. The molecule has 0 saturated carbocycles. The van der Waals surface area contributed by atoms with E-state index >= 15 is 0 Å². The van der Waals surface area contributed by atoms with Crippen LogP contribution in [0.5, 0.6) is 11.5 Å². The molecule has 16 heteroatoms. The Kier molecular flexibility index (Phi) is 13.6. The Labute approximate surface area is 318 Å². The van der Waals surface area contributed by atoms with Crippen LogP contribution in [-0.4, -0.2) is 101 Å². The van der Waals surface area contributed by atoms with Crippen LogP contribution in [0.3, 0.4) is 0 Å². The van der Waals surface area contributed by atoms with Gasteiger partial charge in [0.1, 0.15) is 46.9 Å². The first-order valence-corrected chi connectivity index (χ1v) is 19.0. The van der Waals surface area contributed by atoms with Crippen LogP contribution in [0, 0.1) is 5.92 Å². The second kappa shape index (κ2) is 18.3. The number of fused-ring (bicyclic) bond motifs is 15. The van der Waals surface area contributed by atoms with Crippen LogP contribution < -0.4 is 36.5 Å². The minimum Gasteiger partial charge on any atom is -0.492 e. The van der Waals surface area contributed by atoms with Crippen LogP contribution >= 0.6 is 11.3 Å². The predicted octanol–water partition coefficient (Wildman–Crippen LogP) is 1.46. The number of likely N-dealkylation sites (tertiary alicyclic amines) is 1. The van der Waals surface area contributed by atoms with Crippen molar-refractivity contribution in [1.29, 1.82) is 0 Å². The first-order chi connectivity index (χ1) is 25.9. The summed E-state index contributed by atoms with van der Waals surface area (Å²) < 4.78 is 12.3. The maximum absolute atomic E-state index is 14.5. The lowest BCUT2D eigenvalue weighted by Gasteiger charge is -2.41. The molecule has 6 rings (SSSR count). The number of piperidine rings is 1. The number of carbonyl (C=O) groups excluding carboxylic acids is 5. The third-order valence-corrected chi connectivity index (χ3v) is 10.3. The Morgan fingerprint density at radius 2 is 1.63 bits per heavy atom. The Balaban J connectivity index is 1.42. The highest BCUT2D eigenvalue weighted by molar-refractivity contribution is 7.09. The van der Waals surface area contributed by atoms with E-state index in [1.54, 1.807) is 58.8 Å². The van der Waals surface area contributed by atoms with E-state index in [-0.39, 0.29) is 57.5 Å². The third-order valence-electron chi connectivity index (χ3n) is 9.33. The van der Waals surface area contributed by atoms with E-state index in [9.17, 15) is 29.1 Å². The molecule has 4 atom stereocenters. The molecule has 0 radical (unpaired) electrons. The van der Waals surface area contributed by atoms with Gasteiger partial charge in [-0.25, -0.2) is 4.98 Å².